The highest BCUT2D eigenvalue weighted by molar-refractivity contribution is 5.07. The summed E-state index contributed by atoms with van der Waals surface area (Å²) in [5, 5.41) is 0. The molecule has 0 aromatic carbocycles. The van der Waals surface area contributed by atoms with E-state index in [1.165, 1.54) is 25.2 Å². The second-order valence-corrected chi connectivity index (χ2v) is 2.38. The summed E-state index contributed by atoms with van der Waals surface area (Å²) < 4.78 is 0. The van der Waals surface area contributed by atoms with E-state index in [0.717, 1.165) is 0 Å². The smallest absolute Gasteiger partial charge is 0.0193 e. The average molecular weight is 111 g/mol. The Morgan fingerprint density at radius 3 is 2.75 bits per heavy atom. The Labute approximate surface area is 51.0 Å². The van der Waals surface area contributed by atoms with Crippen molar-refractivity contribution >= 4 is 0 Å². The SMILES string of the molecule is CCN1CC=C(C)C1. The van der Waals surface area contributed by atoms with Crippen LogP contribution >= 0.6 is 0 Å². The van der Waals surface area contributed by atoms with E-state index in [1.54, 1.807) is 0 Å². The van der Waals surface area contributed by atoms with Crippen LogP contribution in [-0.2, 0) is 0 Å². The molecule has 0 unspecified atom stereocenters. The van der Waals surface area contributed by atoms with E-state index < -0.39 is 0 Å². The first-order valence-electron chi connectivity index (χ1n) is 3.21. The summed E-state index contributed by atoms with van der Waals surface area (Å²) in [4.78, 5) is 2.41. The maximum atomic E-state index is 2.41. The highest BCUT2D eigenvalue weighted by Crippen LogP contribution is 2.05. The zero-order valence-electron chi connectivity index (χ0n) is 5.65. The lowest BCUT2D eigenvalue weighted by molar-refractivity contribution is 0.369. The molecule has 0 N–H and O–H groups in total. The summed E-state index contributed by atoms with van der Waals surface area (Å²) in [5.41, 5.74) is 1.52. The molecule has 0 radical (unpaired) electrons. The van der Waals surface area contributed by atoms with Crippen molar-refractivity contribution in [2.24, 2.45) is 0 Å². The first-order valence-corrected chi connectivity index (χ1v) is 3.21. The topological polar surface area (TPSA) is 3.24 Å². The van der Waals surface area contributed by atoms with Crippen LogP contribution in [0.4, 0.5) is 0 Å². The largest absolute Gasteiger partial charge is 0.296 e. The molecule has 1 nitrogen and oxygen atoms in total. The minimum atomic E-state index is 1.17. The Morgan fingerprint density at radius 2 is 2.50 bits per heavy atom. The molecule has 1 aliphatic rings. The molecule has 0 fully saturated rings. The Bertz CT molecular complexity index is 105. The van der Waals surface area contributed by atoms with Gasteiger partial charge in [0, 0.05) is 13.1 Å². The van der Waals surface area contributed by atoms with E-state index in [4.69, 9.17) is 0 Å². The zero-order chi connectivity index (χ0) is 5.98. The molecule has 1 aliphatic heterocycles. The monoisotopic (exact) mass is 111 g/mol. The molecule has 0 aromatic heterocycles. The maximum absolute atomic E-state index is 2.41. The molecule has 0 bridgehead atoms. The van der Waals surface area contributed by atoms with Gasteiger partial charge in [-0.1, -0.05) is 18.6 Å². The van der Waals surface area contributed by atoms with Gasteiger partial charge in [0.15, 0.2) is 0 Å². The van der Waals surface area contributed by atoms with Gasteiger partial charge in [-0.25, -0.2) is 0 Å². The fourth-order valence-corrected chi connectivity index (χ4v) is 1.01. The van der Waals surface area contributed by atoms with Crippen molar-refractivity contribution in [3.05, 3.63) is 11.6 Å². The van der Waals surface area contributed by atoms with E-state index in [1.807, 2.05) is 0 Å². The molecule has 0 aromatic rings. The average Bonchev–Trinajstić information content (AvgIpc) is 2.14. The van der Waals surface area contributed by atoms with Gasteiger partial charge in [0.05, 0.1) is 0 Å². The fourth-order valence-electron chi connectivity index (χ4n) is 1.01. The van der Waals surface area contributed by atoms with Gasteiger partial charge in [-0.3, -0.25) is 4.90 Å². The maximum Gasteiger partial charge on any atom is 0.0193 e. The lowest BCUT2D eigenvalue weighted by atomic mass is 10.3. The first-order chi connectivity index (χ1) is 3.83. The third kappa shape index (κ3) is 1.10. The summed E-state index contributed by atoms with van der Waals surface area (Å²) in [5.74, 6) is 0. The number of hydrogen-bond donors (Lipinski definition) is 0. The van der Waals surface area contributed by atoms with Crippen LogP contribution in [0, 0.1) is 0 Å². The van der Waals surface area contributed by atoms with Gasteiger partial charge in [0.1, 0.15) is 0 Å². The molecule has 0 spiro atoms. The Kier molecular flexibility index (Phi) is 1.69. The molecule has 0 saturated carbocycles. The molecule has 0 aliphatic carbocycles. The molecule has 0 atom stereocenters. The van der Waals surface area contributed by atoms with Gasteiger partial charge in [0.25, 0.3) is 0 Å². The molecule has 0 amide bonds. The predicted octanol–water partition coefficient (Wildman–Crippen LogP) is 1.27. The van der Waals surface area contributed by atoms with Crippen LogP contribution < -0.4 is 0 Å². The van der Waals surface area contributed by atoms with Crippen molar-refractivity contribution in [1.29, 1.82) is 0 Å². The predicted molar refractivity (Wildman–Crippen MR) is 35.9 cm³/mol. The Hall–Kier alpha value is -0.300. The van der Waals surface area contributed by atoms with Gasteiger partial charge >= 0.3 is 0 Å². The van der Waals surface area contributed by atoms with Crippen LogP contribution in [-0.4, -0.2) is 24.5 Å². The molecule has 1 heteroatoms. The highest BCUT2D eigenvalue weighted by atomic mass is 15.1. The minimum Gasteiger partial charge on any atom is -0.296 e. The number of likely N-dealkylation sites (N-methyl/N-ethyl adjacent to an activating group) is 1. The van der Waals surface area contributed by atoms with Crippen molar-refractivity contribution in [2.45, 2.75) is 13.8 Å². The van der Waals surface area contributed by atoms with Gasteiger partial charge in [-0.05, 0) is 13.5 Å². The van der Waals surface area contributed by atoms with E-state index >= 15 is 0 Å². The standard InChI is InChI=1S/C7H13N/c1-3-8-5-4-7(2)6-8/h4H,3,5-6H2,1-2H3. The first kappa shape index (κ1) is 5.83. The molecular weight excluding hydrogens is 98.1 g/mol. The van der Waals surface area contributed by atoms with E-state index in [-0.39, 0.29) is 0 Å². The van der Waals surface area contributed by atoms with Crippen molar-refractivity contribution in [3.63, 3.8) is 0 Å². The van der Waals surface area contributed by atoms with Crippen LogP contribution in [0.15, 0.2) is 11.6 Å². The quantitative estimate of drug-likeness (QED) is 0.460. The van der Waals surface area contributed by atoms with Gasteiger partial charge in [0.2, 0.25) is 0 Å². The number of rotatable bonds is 1. The van der Waals surface area contributed by atoms with E-state index in [2.05, 4.69) is 24.8 Å². The van der Waals surface area contributed by atoms with E-state index in [0.29, 0.717) is 0 Å². The van der Waals surface area contributed by atoms with Crippen LogP contribution in [0.25, 0.3) is 0 Å². The molecule has 0 saturated heterocycles. The number of hydrogen-bond acceptors (Lipinski definition) is 1. The zero-order valence-corrected chi connectivity index (χ0v) is 5.65. The normalized spacial score (nSPS) is 21.5. The highest BCUT2D eigenvalue weighted by Gasteiger charge is 2.06. The van der Waals surface area contributed by atoms with E-state index in [9.17, 15) is 0 Å². The van der Waals surface area contributed by atoms with Crippen molar-refractivity contribution in [2.75, 3.05) is 19.6 Å². The third-order valence-corrected chi connectivity index (χ3v) is 1.62. The molecular formula is C7H13N. The van der Waals surface area contributed by atoms with Crippen LogP contribution in [0.2, 0.25) is 0 Å². The molecule has 1 rings (SSSR count). The molecule has 8 heavy (non-hydrogen) atoms. The minimum absolute atomic E-state index is 1.17. The summed E-state index contributed by atoms with van der Waals surface area (Å²) in [6.07, 6.45) is 2.30. The second-order valence-electron chi connectivity index (χ2n) is 2.38. The van der Waals surface area contributed by atoms with Crippen LogP contribution in [0.3, 0.4) is 0 Å². The van der Waals surface area contributed by atoms with Crippen molar-refractivity contribution < 1.29 is 0 Å². The summed E-state index contributed by atoms with van der Waals surface area (Å²) >= 11 is 0. The summed E-state index contributed by atoms with van der Waals surface area (Å²) in [6.45, 7) is 7.94. The van der Waals surface area contributed by atoms with Crippen LogP contribution in [0.5, 0.6) is 0 Å². The second kappa shape index (κ2) is 2.31. The van der Waals surface area contributed by atoms with Crippen molar-refractivity contribution in [1.82, 2.24) is 4.90 Å². The summed E-state index contributed by atoms with van der Waals surface area (Å²) in [7, 11) is 0. The van der Waals surface area contributed by atoms with Gasteiger partial charge in [-0.15, -0.1) is 0 Å². The van der Waals surface area contributed by atoms with Gasteiger partial charge in [-0.2, -0.15) is 0 Å². The molecule has 46 valence electrons. The van der Waals surface area contributed by atoms with Crippen molar-refractivity contribution in [3.8, 4) is 0 Å². The number of nitrogens with zero attached hydrogens (tertiary/aromatic N) is 1. The summed E-state index contributed by atoms with van der Waals surface area (Å²) in [6, 6.07) is 0. The lowest BCUT2D eigenvalue weighted by Crippen LogP contribution is -2.19. The van der Waals surface area contributed by atoms with Gasteiger partial charge < -0.3 is 0 Å². The van der Waals surface area contributed by atoms with Crippen LogP contribution in [0.1, 0.15) is 13.8 Å². The lowest BCUT2D eigenvalue weighted by Gasteiger charge is -2.10. The Morgan fingerprint density at radius 1 is 1.75 bits per heavy atom. The molecule has 1 heterocycles. The fraction of sp³-hybridized carbons (Fsp3) is 0.714. The Balaban J connectivity index is 2.32. The third-order valence-electron chi connectivity index (χ3n) is 1.62.